The summed E-state index contributed by atoms with van der Waals surface area (Å²) in [6, 6.07) is 5.78. The Morgan fingerprint density at radius 1 is 1.12 bits per heavy atom. The molecule has 2 rings (SSSR count). The molecule has 1 fully saturated rings. The number of piperazine rings is 1. The van der Waals surface area contributed by atoms with Crippen molar-refractivity contribution >= 4 is 11.8 Å². The van der Waals surface area contributed by atoms with Gasteiger partial charge in [-0.2, -0.15) is 0 Å². The lowest BCUT2D eigenvalue weighted by atomic mass is 10.0. The van der Waals surface area contributed by atoms with Gasteiger partial charge in [0.1, 0.15) is 5.75 Å². The Labute approximate surface area is 144 Å². The SMILES string of the molecule is CCCC(=O)N1CCN(C(=O)c2ccc(C(C)C)cc2OC)CC1. The van der Waals surface area contributed by atoms with Crippen LogP contribution >= 0.6 is 0 Å². The van der Waals surface area contributed by atoms with Crippen LogP contribution in [0.5, 0.6) is 5.75 Å². The summed E-state index contributed by atoms with van der Waals surface area (Å²) < 4.78 is 5.43. The first-order valence-electron chi connectivity index (χ1n) is 8.72. The molecule has 24 heavy (non-hydrogen) atoms. The number of ether oxygens (including phenoxy) is 1. The molecular formula is C19H28N2O3. The first-order chi connectivity index (χ1) is 11.5. The summed E-state index contributed by atoms with van der Waals surface area (Å²) in [6.07, 6.45) is 1.44. The fraction of sp³-hybridized carbons (Fsp3) is 0.579. The third-order valence-corrected chi connectivity index (χ3v) is 4.51. The lowest BCUT2D eigenvalue weighted by Crippen LogP contribution is -2.50. The number of amides is 2. The molecule has 1 heterocycles. The zero-order chi connectivity index (χ0) is 17.7. The van der Waals surface area contributed by atoms with Crippen LogP contribution in [0.2, 0.25) is 0 Å². The molecule has 0 aromatic heterocycles. The van der Waals surface area contributed by atoms with E-state index in [-0.39, 0.29) is 11.8 Å². The molecule has 1 aliphatic heterocycles. The Balaban J connectivity index is 2.06. The molecule has 1 aliphatic rings. The van der Waals surface area contributed by atoms with Crippen molar-refractivity contribution in [3.63, 3.8) is 0 Å². The van der Waals surface area contributed by atoms with E-state index in [1.807, 2.05) is 34.9 Å². The lowest BCUT2D eigenvalue weighted by Gasteiger charge is -2.35. The average Bonchev–Trinajstić information content (AvgIpc) is 2.60. The molecule has 1 aromatic carbocycles. The molecule has 0 bridgehead atoms. The Kier molecular flexibility index (Phi) is 6.23. The first-order valence-corrected chi connectivity index (χ1v) is 8.72. The summed E-state index contributed by atoms with van der Waals surface area (Å²) in [5.41, 5.74) is 1.74. The highest BCUT2D eigenvalue weighted by Crippen LogP contribution is 2.26. The number of nitrogens with zero attached hydrogens (tertiary/aromatic N) is 2. The molecular weight excluding hydrogens is 304 g/mol. The van der Waals surface area contributed by atoms with Gasteiger partial charge in [0.25, 0.3) is 5.91 Å². The van der Waals surface area contributed by atoms with Crippen molar-refractivity contribution < 1.29 is 14.3 Å². The predicted octanol–water partition coefficient (Wildman–Crippen LogP) is 2.90. The van der Waals surface area contributed by atoms with E-state index < -0.39 is 0 Å². The largest absolute Gasteiger partial charge is 0.496 e. The molecule has 2 amide bonds. The molecule has 5 heteroatoms. The van der Waals surface area contributed by atoms with Crippen molar-refractivity contribution in [1.82, 2.24) is 9.80 Å². The van der Waals surface area contributed by atoms with Gasteiger partial charge in [-0.05, 0) is 30.0 Å². The van der Waals surface area contributed by atoms with Gasteiger partial charge in [0.15, 0.2) is 0 Å². The van der Waals surface area contributed by atoms with Crippen LogP contribution in [0.15, 0.2) is 18.2 Å². The Morgan fingerprint density at radius 2 is 1.75 bits per heavy atom. The second-order valence-electron chi connectivity index (χ2n) is 6.54. The van der Waals surface area contributed by atoms with Gasteiger partial charge in [0.05, 0.1) is 12.7 Å². The maximum Gasteiger partial charge on any atom is 0.257 e. The predicted molar refractivity (Wildman–Crippen MR) is 94.5 cm³/mol. The molecule has 1 aromatic rings. The van der Waals surface area contributed by atoms with Crippen LogP contribution < -0.4 is 4.74 Å². The van der Waals surface area contributed by atoms with E-state index in [0.29, 0.717) is 49.8 Å². The van der Waals surface area contributed by atoms with Gasteiger partial charge in [-0.15, -0.1) is 0 Å². The van der Waals surface area contributed by atoms with Crippen LogP contribution in [0, 0.1) is 0 Å². The quantitative estimate of drug-likeness (QED) is 0.833. The highest BCUT2D eigenvalue weighted by atomic mass is 16.5. The van der Waals surface area contributed by atoms with E-state index in [1.54, 1.807) is 7.11 Å². The molecule has 0 unspecified atom stereocenters. The minimum Gasteiger partial charge on any atom is -0.496 e. The smallest absolute Gasteiger partial charge is 0.257 e. The Morgan fingerprint density at radius 3 is 2.29 bits per heavy atom. The number of benzene rings is 1. The van der Waals surface area contributed by atoms with Gasteiger partial charge in [-0.1, -0.05) is 26.8 Å². The molecule has 0 atom stereocenters. The van der Waals surface area contributed by atoms with Gasteiger partial charge >= 0.3 is 0 Å². The molecule has 132 valence electrons. The maximum absolute atomic E-state index is 12.8. The number of hydrogen-bond acceptors (Lipinski definition) is 3. The molecule has 1 saturated heterocycles. The molecule has 0 radical (unpaired) electrons. The third-order valence-electron chi connectivity index (χ3n) is 4.51. The minimum atomic E-state index is -0.0234. The number of carbonyl (C=O) groups excluding carboxylic acids is 2. The zero-order valence-corrected chi connectivity index (χ0v) is 15.2. The number of rotatable bonds is 5. The molecule has 0 saturated carbocycles. The standard InChI is InChI=1S/C19H28N2O3/c1-5-6-18(22)20-9-11-21(12-10-20)19(23)16-8-7-15(14(2)3)13-17(16)24-4/h7-8,13-14H,5-6,9-12H2,1-4H3. The first kappa shape index (κ1) is 18.3. The summed E-state index contributed by atoms with van der Waals surface area (Å²) in [6.45, 7) is 8.59. The van der Waals surface area contributed by atoms with E-state index in [0.717, 1.165) is 12.0 Å². The Hall–Kier alpha value is -2.04. The van der Waals surface area contributed by atoms with Crippen LogP contribution in [0.25, 0.3) is 0 Å². The van der Waals surface area contributed by atoms with Gasteiger partial charge in [0.2, 0.25) is 5.91 Å². The molecule has 0 aliphatic carbocycles. The van der Waals surface area contributed by atoms with Crippen molar-refractivity contribution in [2.45, 2.75) is 39.5 Å². The average molecular weight is 332 g/mol. The monoisotopic (exact) mass is 332 g/mol. The van der Waals surface area contributed by atoms with Gasteiger partial charge < -0.3 is 14.5 Å². The van der Waals surface area contributed by atoms with Gasteiger partial charge in [0, 0.05) is 32.6 Å². The number of carbonyl (C=O) groups is 2. The van der Waals surface area contributed by atoms with Crippen LogP contribution in [-0.2, 0) is 4.79 Å². The molecule has 5 nitrogen and oxygen atoms in total. The van der Waals surface area contributed by atoms with E-state index in [1.165, 1.54) is 0 Å². The van der Waals surface area contributed by atoms with Crippen molar-refractivity contribution in [3.8, 4) is 5.75 Å². The summed E-state index contributed by atoms with van der Waals surface area (Å²) in [4.78, 5) is 28.4. The van der Waals surface area contributed by atoms with Crippen molar-refractivity contribution in [1.29, 1.82) is 0 Å². The third kappa shape index (κ3) is 4.08. The van der Waals surface area contributed by atoms with Crippen LogP contribution in [-0.4, -0.2) is 54.9 Å². The van der Waals surface area contributed by atoms with Crippen molar-refractivity contribution in [2.75, 3.05) is 33.3 Å². The van der Waals surface area contributed by atoms with E-state index in [2.05, 4.69) is 13.8 Å². The second kappa shape index (κ2) is 8.18. The van der Waals surface area contributed by atoms with E-state index in [9.17, 15) is 9.59 Å². The fourth-order valence-corrected chi connectivity index (χ4v) is 2.94. The topological polar surface area (TPSA) is 49.9 Å². The van der Waals surface area contributed by atoms with E-state index in [4.69, 9.17) is 4.74 Å². The maximum atomic E-state index is 12.8. The van der Waals surface area contributed by atoms with Crippen LogP contribution in [0.1, 0.15) is 55.5 Å². The second-order valence-corrected chi connectivity index (χ2v) is 6.54. The fourth-order valence-electron chi connectivity index (χ4n) is 2.94. The summed E-state index contributed by atoms with van der Waals surface area (Å²) >= 11 is 0. The summed E-state index contributed by atoms with van der Waals surface area (Å²) in [5.74, 6) is 1.17. The zero-order valence-electron chi connectivity index (χ0n) is 15.2. The minimum absolute atomic E-state index is 0.0234. The van der Waals surface area contributed by atoms with Gasteiger partial charge in [-0.3, -0.25) is 9.59 Å². The summed E-state index contributed by atoms with van der Waals surface area (Å²) in [5, 5.41) is 0. The highest BCUT2D eigenvalue weighted by Gasteiger charge is 2.26. The van der Waals surface area contributed by atoms with Crippen LogP contribution in [0.4, 0.5) is 0 Å². The highest BCUT2D eigenvalue weighted by molar-refractivity contribution is 5.97. The van der Waals surface area contributed by atoms with Gasteiger partial charge in [-0.25, -0.2) is 0 Å². The van der Waals surface area contributed by atoms with Crippen molar-refractivity contribution in [3.05, 3.63) is 29.3 Å². The lowest BCUT2D eigenvalue weighted by molar-refractivity contribution is -0.132. The summed E-state index contributed by atoms with van der Waals surface area (Å²) in [7, 11) is 1.59. The molecule has 0 spiro atoms. The molecule has 0 N–H and O–H groups in total. The Bertz CT molecular complexity index is 590. The van der Waals surface area contributed by atoms with Crippen LogP contribution in [0.3, 0.4) is 0 Å². The van der Waals surface area contributed by atoms with Crippen molar-refractivity contribution in [2.24, 2.45) is 0 Å². The van der Waals surface area contributed by atoms with E-state index >= 15 is 0 Å². The normalized spacial score (nSPS) is 14.9. The number of methoxy groups -OCH3 is 1. The number of hydrogen-bond donors (Lipinski definition) is 0.